The summed E-state index contributed by atoms with van der Waals surface area (Å²) in [6.45, 7) is 6.65. The maximum Gasteiger partial charge on any atom is 0.272 e. The van der Waals surface area contributed by atoms with E-state index in [4.69, 9.17) is 0 Å². The second-order valence-electron chi connectivity index (χ2n) is 6.25. The van der Waals surface area contributed by atoms with Crippen LogP contribution in [-0.4, -0.2) is 59.4 Å². The second-order valence-corrected chi connectivity index (χ2v) is 6.25. The lowest BCUT2D eigenvalue weighted by Gasteiger charge is -2.21. The van der Waals surface area contributed by atoms with E-state index in [9.17, 15) is 4.79 Å². The maximum absolute atomic E-state index is 12.9. The Hall–Kier alpha value is -2.47. The zero-order chi connectivity index (χ0) is 18.2. The highest BCUT2D eigenvalue weighted by atomic mass is 16.2. The second kappa shape index (κ2) is 9.13. The summed E-state index contributed by atoms with van der Waals surface area (Å²) in [6.07, 6.45) is 0. The molecular formula is C19H27N5O. The molecule has 0 aliphatic carbocycles. The van der Waals surface area contributed by atoms with Gasteiger partial charge in [-0.3, -0.25) is 4.79 Å². The number of benzene rings is 1. The SMILES string of the molecule is CCN(Cc1ccccc1)C(=O)c1cc(C)nc(NCCN(C)C)n1. The zero-order valence-corrected chi connectivity index (χ0v) is 15.5. The minimum Gasteiger partial charge on any atom is -0.353 e. The molecule has 6 nitrogen and oxygen atoms in total. The lowest BCUT2D eigenvalue weighted by molar-refractivity contribution is 0.0746. The fourth-order valence-electron chi connectivity index (χ4n) is 2.44. The first-order chi connectivity index (χ1) is 12.0. The summed E-state index contributed by atoms with van der Waals surface area (Å²) in [6, 6.07) is 11.7. The van der Waals surface area contributed by atoms with Crippen LogP contribution in [0.4, 0.5) is 5.95 Å². The van der Waals surface area contributed by atoms with Crippen LogP contribution in [0.5, 0.6) is 0 Å². The smallest absolute Gasteiger partial charge is 0.272 e. The predicted molar refractivity (Wildman–Crippen MR) is 101 cm³/mol. The molecule has 1 heterocycles. The van der Waals surface area contributed by atoms with Crippen molar-refractivity contribution in [3.05, 3.63) is 53.3 Å². The van der Waals surface area contributed by atoms with Gasteiger partial charge in [0.2, 0.25) is 5.95 Å². The zero-order valence-electron chi connectivity index (χ0n) is 15.5. The van der Waals surface area contributed by atoms with Gasteiger partial charge in [0.15, 0.2) is 0 Å². The summed E-state index contributed by atoms with van der Waals surface area (Å²) >= 11 is 0. The van der Waals surface area contributed by atoms with Crippen molar-refractivity contribution in [2.75, 3.05) is 39.0 Å². The maximum atomic E-state index is 12.9. The molecule has 0 radical (unpaired) electrons. The third-order valence-corrected chi connectivity index (χ3v) is 3.80. The third-order valence-electron chi connectivity index (χ3n) is 3.80. The average Bonchev–Trinajstić information content (AvgIpc) is 2.59. The summed E-state index contributed by atoms with van der Waals surface area (Å²) in [4.78, 5) is 25.5. The summed E-state index contributed by atoms with van der Waals surface area (Å²) in [5, 5.41) is 3.18. The van der Waals surface area contributed by atoms with Gasteiger partial charge >= 0.3 is 0 Å². The van der Waals surface area contributed by atoms with Crippen molar-refractivity contribution in [3.8, 4) is 0 Å². The van der Waals surface area contributed by atoms with Crippen LogP contribution in [0, 0.1) is 6.92 Å². The van der Waals surface area contributed by atoms with Gasteiger partial charge in [-0.1, -0.05) is 30.3 Å². The first kappa shape index (κ1) is 18.9. The van der Waals surface area contributed by atoms with Crippen molar-refractivity contribution in [1.82, 2.24) is 19.8 Å². The molecule has 0 unspecified atom stereocenters. The number of carbonyl (C=O) groups is 1. The molecule has 0 saturated heterocycles. The Bertz CT molecular complexity index is 687. The van der Waals surface area contributed by atoms with Crippen LogP contribution in [0.1, 0.15) is 28.7 Å². The fraction of sp³-hybridized carbons (Fsp3) is 0.421. The summed E-state index contributed by atoms with van der Waals surface area (Å²) in [5.41, 5.74) is 2.31. The first-order valence-electron chi connectivity index (χ1n) is 8.57. The van der Waals surface area contributed by atoms with Crippen molar-refractivity contribution in [1.29, 1.82) is 0 Å². The number of likely N-dealkylation sites (N-methyl/N-ethyl adjacent to an activating group) is 1. The Morgan fingerprint density at radius 2 is 1.88 bits per heavy atom. The first-order valence-corrected chi connectivity index (χ1v) is 8.57. The summed E-state index contributed by atoms with van der Waals surface area (Å²) in [5.74, 6) is 0.425. The molecule has 0 bridgehead atoms. The summed E-state index contributed by atoms with van der Waals surface area (Å²) in [7, 11) is 4.02. The van der Waals surface area contributed by atoms with Crippen LogP contribution < -0.4 is 5.32 Å². The number of amides is 1. The highest BCUT2D eigenvalue weighted by Crippen LogP contribution is 2.11. The summed E-state index contributed by atoms with van der Waals surface area (Å²) < 4.78 is 0. The monoisotopic (exact) mass is 341 g/mol. The van der Waals surface area contributed by atoms with Crippen molar-refractivity contribution in [2.24, 2.45) is 0 Å². The molecule has 1 aromatic heterocycles. The van der Waals surface area contributed by atoms with Crippen LogP contribution in [0.2, 0.25) is 0 Å². The number of aromatic nitrogens is 2. The molecule has 2 aromatic rings. The van der Waals surface area contributed by atoms with Gasteiger partial charge in [0.1, 0.15) is 5.69 Å². The Balaban J connectivity index is 2.12. The van der Waals surface area contributed by atoms with Crippen molar-refractivity contribution in [3.63, 3.8) is 0 Å². The molecule has 0 fully saturated rings. The molecule has 0 saturated carbocycles. The minimum atomic E-state index is -0.0764. The van der Waals surface area contributed by atoms with E-state index in [0.717, 1.165) is 24.3 Å². The van der Waals surface area contributed by atoms with E-state index in [1.165, 1.54) is 0 Å². The molecule has 0 spiro atoms. The van der Waals surface area contributed by atoms with E-state index in [1.54, 1.807) is 11.0 Å². The number of hydrogen-bond acceptors (Lipinski definition) is 5. The number of aryl methyl sites for hydroxylation is 1. The number of carbonyl (C=O) groups excluding carboxylic acids is 1. The van der Waals surface area contributed by atoms with Gasteiger partial charge in [-0.25, -0.2) is 9.97 Å². The molecule has 1 amide bonds. The molecule has 0 atom stereocenters. The van der Waals surface area contributed by atoms with E-state index in [1.807, 2.05) is 58.3 Å². The largest absolute Gasteiger partial charge is 0.353 e. The average molecular weight is 341 g/mol. The lowest BCUT2D eigenvalue weighted by Crippen LogP contribution is -2.31. The Kier molecular flexibility index (Phi) is 6.89. The highest BCUT2D eigenvalue weighted by Gasteiger charge is 2.17. The Morgan fingerprint density at radius 3 is 2.52 bits per heavy atom. The van der Waals surface area contributed by atoms with Crippen LogP contribution in [-0.2, 0) is 6.54 Å². The van der Waals surface area contributed by atoms with E-state index >= 15 is 0 Å². The van der Waals surface area contributed by atoms with Gasteiger partial charge in [0.25, 0.3) is 5.91 Å². The van der Waals surface area contributed by atoms with Gasteiger partial charge in [-0.05, 0) is 39.6 Å². The van der Waals surface area contributed by atoms with Crippen LogP contribution in [0.3, 0.4) is 0 Å². The van der Waals surface area contributed by atoms with Gasteiger partial charge in [-0.15, -0.1) is 0 Å². The molecule has 1 aromatic carbocycles. The standard InChI is InChI=1S/C19H27N5O/c1-5-24(14-16-9-7-6-8-10-16)18(25)17-13-15(2)21-19(22-17)20-11-12-23(3)4/h6-10,13H,5,11-12,14H2,1-4H3,(H,20,21,22). The molecule has 2 rings (SSSR count). The quantitative estimate of drug-likeness (QED) is 0.799. The normalized spacial score (nSPS) is 10.8. The van der Waals surface area contributed by atoms with E-state index in [-0.39, 0.29) is 5.91 Å². The Labute approximate surface area is 149 Å². The Morgan fingerprint density at radius 1 is 1.16 bits per heavy atom. The van der Waals surface area contributed by atoms with Crippen molar-refractivity contribution >= 4 is 11.9 Å². The highest BCUT2D eigenvalue weighted by molar-refractivity contribution is 5.92. The molecule has 6 heteroatoms. The van der Waals surface area contributed by atoms with E-state index in [0.29, 0.717) is 24.7 Å². The van der Waals surface area contributed by atoms with E-state index < -0.39 is 0 Å². The van der Waals surface area contributed by atoms with Crippen LogP contribution in [0.25, 0.3) is 0 Å². The number of nitrogens with one attached hydrogen (secondary N) is 1. The van der Waals surface area contributed by atoms with Gasteiger partial charge in [-0.2, -0.15) is 0 Å². The van der Waals surface area contributed by atoms with Crippen LogP contribution in [0.15, 0.2) is 36.4 Å². The third kappa shape index (κ3) is 5.83. The predicted octanol–water partition coefficient (Wildman–Crippen LogP) is 2.42. The molecule has 1 N–H and O–H groups in total. The number of rotatable bonds is 8. The molecule has 134 valence electrons. The molecule has 0 aliphatic heterocycles. The molecular weight excluding hydrogens is 314 g/mol. The molecule has 25 heavy (non-hydrogen) atoms. The van der Waals surface area contributed by atoms with Crippen molar-refractivity contribution in [2.45, 2.75) is 20.4 Å². The topological polar surface area (TPSA) is 61.4 Å². The van der Waals surface area contributed by atoms with Crippen LogP contribution >= 0.6 is 0 Å². The fourth-order valence-corrected chi connectivity index (χ4v) is 2.44. The number of anilines is 1. The minimum absolute atomic E-state index is 0.0764. The molecule has 0 aliphatic rings. The van der Waals surface area contributed by atoms with Gasteiger partial charge in [0.05, 0.1) is 0 Å². The lowest BCUT2D eigenvalue weighted by atomic mass is 10.2. The van der Waals surface area contributed by atoms with Gasteiger partial charge in [0, 0.05) is 31.9 Å². The van der Waals surface area contributed by atoms with E-state index in [2.05, 4.69) is 20.2 Å². The van der Waals surface area contributed by atoms with Gasteiger partial charge < -0.3 is 15.1 Å². The van der Waals surface area contributed by atoms with Crippen molar-refractivity contribution < 1.29 is 4.79 Å². The number of nitrogens with zero attached hydrogens (tertiary/aromatic N) is 4. The number of hydrogen-bond donors (Lipinski definition) is 1.